The van der Waals surface area contributed by atoms with E-state index in [0.717, 1.165) is 19.4 Å². The SMILES string of the molecule is Cl.FC(F)(F)c1ncnc(OC2CCNCC2)c1Cl. The topological polar surface area (TPSA) is 47.0 Å². The fraction of sp³-hybridized carbons (Fsp3) is 0.600. The summed E-state index contributed by atoms with van der Waals surface area (Å²) in [5, 5.41) is 2.54. The van der Waals surface area contributed by atoms with Crippen LogP contribution in [0.5, 0.6) is 5.88 Å². The number of piperidine rings is 1. The molecule has 1 N–H and O–H groups in total. The van der Waals surface area contributed by atoms with Gasteiger partial charge in [0.25, 0.3) is 0 Å². The maximum absolute atomic E-state index is 12.6. The molecule has 9 heteroatoms. The fourth-order valence-corrected chi connectivity index (χ4v) is 1.95. The number of halogens is 5. The second-order valence-electron chi connectivity index (χ2n) is 3.91. The molecule has 0 unspecified atom stereocenters. The van der Waals surface area contributed by atoms with Gasteiger partial charge in [0, 0.05) is 0 Å². The Labute approximate surface area is 119 Å². The van der Waals surface area contributed by atoms with Crippen LogP contribution in [0.4, 0.5) is 13.2 Å². The Balaban J connectivity index is 0.00000180. The minimum absolute atomic E-state index is 0. The van der Waals surface area contributed by atoms with Crippen molar-refractivity contribution in [2.24, 2.45) is 0 Å². The van der Waals surface area contributed by atoms with Gasteiger partial charge < -0.3 is 10.1 Å². The zero-order valence-electron chi connectivity index (χ0n) is 9.71. The van der Waals surface area contributed by atoms with Gasteiger partial charge in [-0.05, 0) is 25.9 Å². The van der Waals surface area contributed by atoms with Crippen LogP contribution in [0.1, 0.15) is 18.5 Å². The first-order valence-corrected chi connectivity index (χ1v) is 5.81. The van der Waals surface area contributed by atoms with Crippen molar-refractivity contribution in [3.8, 4) is 5.88 Å². The van der Waals surface area contributed by atoms with Gasteiger partial charge in [-0.1, -0.05) is 11.6 Å². The second-order valence-corrected chi connectivity index (χ2v) is 4.28. The highest BCUT2D eigenvalue weighted by Crippen LogP contribution is 2.36. The normalized spacial score (nSPS) is 16.8. The Bertz CT molecular complexity index is 425. The van der Waals surface area contributed by atoms with Gasteiger partial charge in [-0.25, -0.2) is 9.97 Å². The van der Waals surface area contributed by atoms with E-state index in [0.29, 0.717) is 12.8 Å². The van der Waals surface area contributed by atoms with Gasteiger partial charge >= 0.3 is 6.18 Å². The molecule has 0 spiro atoms. The zero-order chi connectivity index (χ0) is 13.2. The van der Waals surface area contributed by atoms with E-state index < -0.39 is 16.9 Å². The molecule has 108 valence electrons. The van der Waals surface area contributed by atoms with Crippen LogP contribution in [-0.2, 0) is 6.18 Å². The van der Waals surface area contributed by atoms with Crippen LogP contribution in [0, 0.1) is 0 Å². The van der Waals surface area contributed by atoms with Crippen molar-refractivity contribution >= 4 is 24.0 Å². The predicted octanol–water partition coefficient (Wildman–Crippen LogP) is 2.70. The number of ether oxygens (including phenoxy) is 1. The Morgan fingerprint density at radius 3 is 2.47 bits per heavy atom. The van der Waals surface area contributed by atoms with Crippen LogP contribution in [0.3, 0.4) is 0 Å². The number of aromatic nitrogens is 2. The molecule has 1 aromatic heterocycles. The fourth-order valence-electron chi connectivity index (χ4n) is 1.70. The lowest BCUT2D eigenvalue weighted by molar-refractivity contribution is -0.141. The minimum Gasteiger partial charge on any atom is -0.473 e. The van der Waals surface area contributed by atoms with Crippen LogP contribution in [0.2, 0.25) is 5.02 Å². The second kappa shape index (κ2) is 6.58. The highest BCUT2D eigenvalue weighted by Gasteiger charge is 2.37. The first-order valence-electron chi connectivity index (χ1n) is 5.43. The van der Waals surface area contributed by atoms with E-state index >= 15 is 0 Å². The third-order valence-corrected chi connectivity index (χ3v) is 2.93. The molecule has 1 saturated heterocycles. The quantitative estimate of drug-likeness (QED) is 0.911. The number of rotatable bonds is 2. The van der Waals surface area contributed by atoms with Gasteiger partial charge in [-0.3, -0.25) is 0 Å². The molecule has 0 bridgehead atoms. The summed E-state index contributed by atoms with van der Waals surface area (Å²) >= 11 is 5.63. The van der Waals surface area contributed by atoms with E-state index in [9.17, 15) is 13.2 Å². The maximum Gasteiger partial charge on any atom is 0.435 e. The molecule has 1 fully saturated rings. The Morgan fingerprint density at radius 2 is 1.89 bits per heavy atom. The summed E-state index contributed by atoms with van der Waals surface area (Å²) in [6, 6.07) is 0. The molecule has 0 radical (unpaired) electrons. The van der Waals surface area contributed by atoms with Crippen molar-refractivity contribution in [1.82, 2.24) is 15.3 Å². The lowest BCUT2D eigenvalue weighted by Gasteiger charge is -2.23. The third kappa shape index (κ3) is 4.09. The Morgan fingerprint density at radius 1 is 1.26 bits per heavy atom. The first-order chi connectivity index (χ1) is 8.48. The molecule has 2 heterocycles. The summed E-state index contributed by atoms with van der Waals surface area (Å²) in [6.07, 6.45) is -2.54. The van der Waals surface area contributed by atoms with E-state index in [1.54, 1.807) is 0 Å². The van der Waals surface area contributed by atoms with Crippen LogP contribution < -0.4 is 10.1 Å². The van der Waals surface area contributed by atoms with Gasteiger partial charge in [0.15, 0.2) is 5.69 Å². The lowest BCUT2D eigenvalue weighted by Crippen LogP contribution is -2.34. The zero-order valence-corrected chi connectivity index (χ0v) is 11.3. The molecule has 0 saturated carbocycles. The molecule has 2 rings (SSSR count). The monoisotopic (exact) mass is 317 g/mol. The van der Waals surface area contributed by atoms with Crippen LogP contribution in [0.25, 0.3) is 0 Å². The van der Waals surface area contributed by atoms with Crippen molar-refractivity contribution in [3.63, 3.8) is 0 Å². The van der Waals surface area contributed by atoms with Crippen LogP contribution >= 0.6 is 24.0 Å². The number of hydrogen-bond acceptors (Lipinski definition) is 4. The van der Waals surface area contributed by atoms with Gasteiger partial charge in [0.1, 0.15) is 17.5 Å². The summed E-state index contributed by atoms with van der Waals surface area (Å²) in [6.45, 7) is 1.53. The Hall–Kier alpha value is -0.790. The van der Waals surface area contributed by atoms with Crippen molar-refractivity contribution in [3.05, 3.63) is 17.0 Å². The van der Waals surface area contributed by atoms with E-state index in [1.165, 1.54) is 0 Å². The van der Waals surface area contributed by atoms with Crippen LogP contribution in [0.15, 0.2) is 6.33 Å². The third-order valence-electron chi connectivity index (χ3n) is 2.59. The molecule has 0 aliphatic carbocycles. The molecule has 4 nitrogen and oxygen atoms in total. The average molecular weight is 318 g/mol. The molecule has 1 aliphatic rings. The van der Waals surface area contributed by atoms with Crippen molar-refractivity contribution in [2.45, 2.75) is 25.1 Å². The van der Waals surface area contributed by atoms with Gasteiger partial charge in [-0.15, -0.1) is 12.4 Å². The summed E-state index contributed by atoms with van der Waals surface area (Å²) in [5.41, 5.74) is -1.16. The van der Waals surface area contributed by atoms with Crippen LogP contribution in [-0.4, -0.2) is 29.2 Å². The molecule has 19 heavy (non-hydrogen) atoms. The molecule has 0 aromatic carbocycles. The molecule has 0 atom stereocenters. The molecular weight excluding hydrogens is 306 g/mol. The highest BCUT2D eigenvalue weighted by molar-refractivity contribution is 6.32. The smallest absolute Gasteiger partial charge is 0.435 e. The number of nitrogens with one attached hydrogen (secondary N) is 1. The maximum atomic E-state index is 12.6. The van der Waals surface area contributed by atoms with E-state index in [-0.39, 0.29) is 24.4 Å². The number of hydrogen-bond donors (Lipinski definition) is 1. The lowest BCUT2D eigenvalue weighted by atomic mass is 10.1. The van der Waals surface area contributed by atoms with Crippen molar-refractivity contribution in [2.75, 3.05) is 13.1 Å². The molecule has 0 amide bonds. The minimum atomic E-state index is -4.60. The van der Waals surface area contributed by atoms with E-state index in [4.69, 9.17) is 16.3 Å². The summed E-state index contributed by atoms with van der Waals surface area (Å²) in [4.78, 5) is 6.80. The number of alkyl halides is 3. The molecule has 1 aromatic rings. The van der Waals surface area contributed by atoms with E-state index in [1.807, 2.05) is 0 Å². The molecule has 1 aliphatic heterocycles. The molecular formula is C10H12Cl2F3N3O. The first kappa shape index (κ1) is 16.3. The average Bonchev–Trinajstić information content (AvgIpc) is 2.32. The summed E-state index contributed by atoms with van der Waals surface area (Å²) in [7, 11) is 0. The van der Waals surface area contributed by atoms with Gasteiger partial charge in [0.05, 0.1) is 0 Å². The predicted molar refractivity (Wildman–Crippen MR) is 65.8 cm³/mol. The summed E-state index contributed by atoms with van der Waals surface area (Å²) in [5.74, 6) is -0.203. The van der Waals surface area contributed by atoms with E-state index in [2.05, 4.69) is 15.3 Å². The standard InChI is InChI=1S/C10H11ClF3N3O.ClH/c11-7-8(10(12,13)14)16-5-17-9(7)18-6-1-3-15-4-2-6;/h5-6,15H,1-4H2;1H. The van der Waals surface area contributed by atoms with Crippen molar-refractivity contribution < 1.29 is 17.9 Å². The Kier molecular flexibility index (Phi) is 5.64. The largest absolute Gasteiger partial charge is 0.473 e. The van der Waals surface area contributed by atoms with Gasteiger partial charge in [-0.2, -0.15) is 13.2 Å². The highest BCUT2D eigenvalue weighted by atomic mass is 35.5. The van der Waals surface area contributed by atoms with Crippen molar-refractivity contribution in [1.29, 1.82) is 0 Å². The summed E-state index contributed by atoms with van der Waals surface area (Å²) < 4.78 is 43.1. The number of nitrogens with zero attached hydrogens (tertiary/aromatic N) is 2. The van der Waals surface area contributed by atoms with Gasteiger partial charge in [0.2, 0.25) is 5.88 Å².